The standard InChI is InChI=1S/C15H23N3O2S/c1-4-12-11(3)14(20)17-15(16-12)21-9-13(19)18-8-6-5-7-10(18)2/h10H,4-9H2,1-3H3,(H,16,17,20). The van der Waals surface area contributed by atoms with Gasteiger partial charge in [-0.15, -0.1) is 0 Å². The number of piperidine rings is 1. The van der Waals surface area contributed by atoms with Crippen LogP contribution in [0.1, 0.15) is 44.4 Å². The molecule has 6 heteroatoms. The van der Waals surface area contributed by atoms with Gasteiger partial charge in [0, 0.05) is 18.2 Å². The van der Waals surface area contributed by atoms with Crippen LogP contribution in [0, 0.1) is 6.92 Å². The van der Waals surface area contributed by atoms with Crippen LogP contribution in [0.15, 0.2) is 9.95 Å². The normalized spacial score (nSPS) is 18.8. The summed E-state index contributed by atoms with van der Waals surface area (Å²) >= 11 is 1.32. The average molecular weight is 309 g/mol. The third-order valence-corrected chi connectivity index (χ3v) is 4.88. The molecular weight excluding hydrogens is 286 g/mol. The van der Waals surface area contributed by atoms with Gasteiger partial charge >= 0.3 is 0 Å². The number of nitrogens with one attached hydrogen (secondary N) is 1. The quantitative estimate of drug-likeness (QED) is 0.683. The first-order valence-electron chi connectivity index (χ1n) is 7.55. The zero-order valence-electron chi connectivity index (χ0n) is 12.9. The van der Waals surface area contributed by atoms with Crippen molar-refractivity contribution in [1.29, 1.82) is 0 Å². The lowest BCUT2D eigenvalue weighted by molar-refractivity contribution is -0.131. The van der Waals surface area contributed by atoms with Crippen molar-refractivity contribution in [3.8, 4) is 0 Å². The molecular formula is C15H23N3O2S. The number of aryl methyl sites for hydroxylation is 1. The number of amides is 1. The minimum atomic E-state index is -0.108. The predicted molar refractivity (Wildman–Crippen MR) is 84.7 cm³/mol. The number of H-pyrrole nitrogens is 1. The zero-order chi connectivity index (χ0) is 15.4. The summed E-state index contributed by atoms with van der Waals surface area (Å²) in [5, 5.41) is 0.542. The van der Waals surface area contributed by atoms with Crippen molar-refractivity contribution in [1.82, 2.24) is 14.9 Å². The van der Waals surface area contributed by atoms with E-state index in [0.717, 1.165) is 31.5 Å². The molecule has 0 radical (unpaired) electrons. The minimum absolute atomic E-state index is 0.108. The van der Waals surface area contributed by atoms with Crippen LogP contribution in [-0.2, 0) is 11.2 Å². The average Bonchev–Trinajstić information content (AvgIpc) is 2.48. The summed E-state index contributed by atoms with van der Waals surface area (Å²) in [5.41, 5.74) is 1.36. The van der Waals surface area contributed by atoms with Crippen molar-refractivity contribution >= 4 is 17.7 Å². The molecule has 116 valence electrons. The number of aromatic nitrogens is 2. The van der Waals surface area contributed by atoms with E-state index in [2.05, 4.69) is 16.9 Å². The fourth-order valence-corrected chi connectivity index (χ4v) is 3.42. The summed E-state index contributed by atoms with van der Waals surface area (Å²) in [7, 11) is 0. The highest BCUT2D eigenvalue weighted by molar-refractivity contribution is 7.99. The maximum Gasteiger partial charge on any atom is 0.254 e. The van der Waals surface area contributed by atoms with Gasteiger partial charge < -0.3 is 9.88 Å². The van der Waals surface area contributed by atoms with E-state index in [4.69, 9.17) is 0 Å². The molecule has 0 bridgehead atoms. The number of carbonyl (C=O) groups is 1. The van der Waals surface area contributed by atoms with Crippen molar-refractivity contribution in [3.05, 3.63) is 21.6 Å². The molecule has 0 spiro atoms. The van der Waals surface area contributed by atoms with Crippen LogP contribution in [0.3, 0.4) is 0 Å². The second-order valence-electron chi connectivity index (χ2n) is 5.52. The smallest absolute Gasteiger partial charge is 0.254 e. The summed E-state index contributed by atoms with van der Waals surface area (Å²) in [6, 6.07) is 0.322. The van der Waals surface area contributed by atoms with Gasteiger partial charge in [0.15, 0.2) is 5.16 Å². The SMILES string of the molecule is CCc1nc(SCC(=O)N2CCCCC2C)[nH]c(=O)c1C. The van der Waals surface area contributed by atoms with Crippen LogP contribution >= 0.6 is 11.8 Å². The molecule has 1 aromatic heterocycles. The lowest BCUT2D eigenvalue weighted by atomic mass is 10.0. The summed E-state index contributed by atoms with van der Waals surface area (Å²) in [5.74, 6) is 0.466. The molecule has 1 unspecified atom stereocenters. The molecule has 1 saturated heterocycles. The fourth-order valence-electron chi connectivity index (χ4n) is 2.65. The van der Waals surface area contributed by atoms with E-state index < -0.39 is 0 Å². The van der Waals surface area contributed by atoms with Crippen LogP contribution < -0.4 is 5.56 Å². The first-order valence-corrected chi connectivity index (χ1v) is 8.53. The summed E-state index contributed by atoms with van der Waals surface area (Å²) in [4.78, 5) is 33.2. The highest BCUT2D eigenvalue weighted by Gasteiger charge is 2.23. The van der Waals surface area contributed by atoms with E-state index in [0.29, 0.717) is 22.5 Å². The zero-order valence-corrected chi connectivity index (χ0v) is 13.8. The molecule has 1 aliphatic rings. The van der Waals surface area contributed by atoms with E-state index in [1.54, 1.807) is 6.92 Å². The number of thioether (sulfide) groups is 1. The van der Waals surface area contributed by atoms with Gasteiger partial charge in [0.1, 0.15) is 0 Å². The van der Waals surface area contributed by atoms with E-state index >= 15 is 0 Å². The molecule has 0 saturated carbocycles. The molecule has 0 aromatic carbocycles. The van der Waals surface area contributed by atoms with Crippen molar-refractivity contribution in [3.63, 3.8) is 0 Å². The molecule has 1 N–H and O–H groups in total. The molecule has 1 fully saturated rings. The Balaban J connectivity index is 2.01. The number of aromatic amines is 1. The van der Waals surface area contributed by atoms with Crippen LogP contribution in [0.5, 0.6) is 0 Å². The Hall–Kier alpha value is -1.30. The fraction of sp³-hybridized carbons (Fsp3) is 0.667. The Kier molecular flexibility index (Phi) is 5.45. The first-order chi connectivity index (χ1) is 10.0. The van der Waals surface area contributed by atoms with Gasteiger partial charge in [-0.05, 0) is 39.5 Å². The lowest BCUT2D eigenvalue weighted by Gasteiger charge is -2.33. The van der Waals surface area contributed by atoms with Crippen molar-refractivity contribution in [2.24, 2.45) is 0 Å². The summed E-state index contributed by atoms with van der Waals surface area (Å²) < 4.78 is 0. The third-order valence-electron chi connectivity index (χ3n) is 4.02. The first kappa shape index (κ1) is 16.1. The van der Waals surface area contributed by atoms with Gasteiger partial charge in [0.05, 0.1) is 11.4 Å². The predicted octanol–water partition coefficient (Wildman–Crippen LogP) is 2.13. The Morgan fingerprint density at radius 1 is 1.48 bits per heavy atom. The van der Waals surface area contributed by atoms with Gasteiger partial charge in [-0.1, -0.05) is 18.7 Å². The van der Waals surface area contributed by atoms with Gasteiger partial charge in [-0.25, -0.2) is 4.98 Å². The number of likely N-dealkylation sites (tertiary alicyclic amines) is 1. The molecule has 0 aliphatic carbocycles. The van der Waals surface area contributed by atoms with E-state index in [-0.39, 0.29) is 11.5 Å². The summed E-state index contributed by atoms with van der Waals surface area (Å²) in [6.07, 6.45) is 4.08. The molecule has 1 aliphatic heterocycles. The monoisotopic (exact) mass is 309 g/mol. The van der Waals surface area contributed by atoms with Gasteiger partial charge in [-0.3, -0.25) is 9.59 Å². The minimum Gasteiger partial charge on any atom is -0.339 e. The van der Waals surface area contributed by atoms with Gasteiger partial charge in [0.2, 0.25) is 5.91 Å². The number of hydrogen-bond donors (Lipinski definition) is 1. The molecule has 2 rings (SSSR count). The topological polar surface area (TPSA) is 66.1 Å². The number of rotatable bonds is 4. The Bertz CT molecular complexity index is 571. The van der Waals surface area contributed by atoms with Crippen LogP contribution in [0.4, 0.5) is 0 Å². The maximum atomic E-state index is 12.3. The van der Waals surface area contributed by atoms with E-state index in [1.165, 1.54) is 18.2 Å². The second kappa shape index (κ2) is 7.11. The number of carbonyl (C=O) groups excluding carboxylic acids is 1. The van der Waals surface area contributed by atoms with Crippen molar-refractivity contribution < 1.29 is 4.79 Å². The molecule has 5 nitrogen and oxygen atoms in total. The molecule has 1 aromatic rings. The Labute approximate surface area is 129 Å². The van der Waals surface area contributed by atoms with Crippen LogP contribution in [0.2, 0.25) is 0 Å². The maximum absolute atomic E-state index is 12.3. The molecule has 21 heavy (non-hydrogen) atoms. The second-order valence-corrected chi connectivity index (χ2v) is 6.48. The highest BCUT2D eigenvalue weighted by atomic mass is 32.2. The highest BCUT2D eigenvalue weighted by Crippen LogP contribution is 2.19. The van der Waals surface area contributed by atoms with E-state index in [1.807, 2.05) is 11.8 Å². The number of nitrogens with zero attached hydrogens (tertiary/aromatic N) is 2. The largest absolute Gasteiger partial charge is 0.339 e. The molecule has 2 heterocycles. The molecule has 1 amide bonds. The third kappa shape index (κ3) is 3.87. The Morgan fingerprint density at radius 3 is 2.90 bits per heavy atom. The Morgan fingerprint density at radius 2 is 2.24 bits per heavy atom. The van der Waals surface area contributed by atoms with E-state index in [9.17, 15) is 9.59 Å². The van der Waals surface area contributed by atoms with Crippen LogP contribution in [0.25, 0.3) is 0 Å². The van der Waals surface area contributed by atoms with Crippen LogP contribution in [-0.4, -0.2) is 39.1 Å². The van der Waals surface area contributed by atoms with Crippen molar-refractivity contribution in [2.75, 3.05) is 12.3 Å². The van der Waals surface area contributed by atoms with Gasteiger partial charge in [0.25, 0.3) is 5.56 Å². The van der Waals surface area contributed by atoms with Crippen molar-refractivity contribution in [2.45, 2.75) is 57.7 Å². The lowest BCUT2D eigenvalue weighted by Crippen LogP contribution is -2.43. The van der Waals surface area contributed by atoms with Gasteiger partial charge in [-0.2, -0.15) is 0 Å². The number of hydrogen-bond acceptors (Lipinski definition) is 4. The summed E-state index contributed by atoms with van der Waals surface area (Å²) in [6.45, 7) is 6.70. The molecule has 1 atom stereocenters.